The predicted molar refractivity (Wildman–Crippen MR) is 194 cm³/mol. The summed E-state index contributed by atoms with van der Waals surface area (Å²) in [6.45, 7) is 2.42. The average Bonchev–Trinajstić information content (AvgIpc) is 3.13. The summed E-state index contributed by atoms with van der Waals surface area (Å²) in [5, 5.41) is 12.0. The summed E-state index contributed by atoms with van der Waals surface area (Å²) in [5.74, 6) is -0.116. The molecular formula is C38H39Cl2N3O5S. The molecule has 256 valence electrons. The Morgan fingerprint density at radius 3 is 2.45 bits per heavy atom. The number of amides is 1. The highest BCUT2D eigenvalue weighted by atomic mass is 35.5. The van der Waals surface area contributed by atoms with Crippen molar-refractivity contribution in [1.82, 2.24) is 9.80 Å². The molecule has 49 heavy (non-hydrogen) atoms. The van der Waals surface area contributed by atoms with Crippen molar-refractivity contribution < 1.29 is 23.3 Å². The molecule has 0 bridgehead atoms. The third-order valence-corrected chi connectivity index (χ3v) is 11.0. The lowest BCUT2D eigenvalue weighted by Crippen LogP contribution is -2.40. The summed E-state index contributed by atoms with van der Waals surface area (Å²) < 4.78 is 22.9. The third kappa shape index (κ3) is 8.81. The molecule has 1 fully saturated rings. The Labute approximate surface area is 300 Å². The van der Waals surface area contributed by atoms with E-state index in [0.29, 0.717) is 44.6 Å². The quantitative estimate of drug-likeness (QED) is 0.140. The number of nitrogens with zero attached hydrogens (tertiary/aromatic N) is 3. The monoisotopic (exact) mass is 719 g/mol. The molecule has 11 heteroatoms. The molecule has 0 radical (unpaired) electrons. The van der Waals surface area contributed by atoms with Crippen LogP contribution in [0.3, 0.4) is 0 Å². The minimum Gasteiger partial charge on any atom is -0.497 e. The second-order valence-corrected chi connectivity index (χ2v) is 14.4. The van der Waals surface area contributed by atoms with Crippen LogP contribution in [-0.2, 0) is 20.3 Å². The van der Waals surface area contributed by atoms with Gasteiger partial charge in [-0.3, -0.25) is 13.8 Å². The van der Waals surface area contributed by atoms with E-state index in [1.165, 1.54) is 12.0 Å². The van der Waals surface area contributed by atoms with Gasteiger partial charge >= 0.3 is 5.97 Å². The second-order valence-electron chi connectivity index (χ2n) is 12.3. The molecule has 0 unspecified atom stereocenters. The van der Waals surface area contributed by atoms with Crippen LogP contribution >= 0.6 is 23.2 Å². The summed E-state index contributed by atoms with van der Waals surface area (Å²) in [6.07, 6.45) is 4.22. The number of halogens is 2. The fourth-order valence-electron chi connectivity index (χ4n) is 6.59. The number of benzene rings is 4. The molecule has 4 aromatic rings. The molecule has 1 aliphatic rings. The Kier molecular flexibility index (Phi) is 12.3. The van der Waals surface area contributed by atoms with Crippen LogP contribution in [0.2, 0.25) is 10.0 Å². The summed E-state index contributed by atoms with van der Waals surface area (Å²) in [4.78, 5) is 31.7. The van der Waals surface area contributed by atoms with Crippen molar-refractivity contribution in [3.63, 3.8) is 0 Å². The number of nitriles is 1. The van der Waals surface area contributed by atoms with Gasteiger partial charge in [-0.05, 0) is 103 Å². The first-order valence-electron chi connectivity index (χ1n) is 16.1. The number of methoxy groups -OCH3 is 2. The Bertz CT molecular complexity index is 1900. The number of carbonyl (C=O) groups excluding carboxylic acids is 2. The van der Waals surface area contributed by atoms with Gasteiger partial charge < -0.3 is 19.3 Å². The molecule has 0 spiro atoms. The standard InChI is InChI=1S/C38H39Cl2N3O5S/c1-47-30-9-10-32(36(21-30)49(3)46)26-12-15-42(16-13-26)17-14-29(27-8-11-34(39)35(40)20-27)23-43(24-37(44)48-2)38(45)33-19-25(22-41)18-28-6-4-5-7-31(28)33/h4-11,18-21,26,29H,12-17,23-24H2,1-3H3/t29-,49+/m1/s1. The van der Waals surface area contributed by atoms with Gasteiger partial charge in [0.05, 0.1) is 46.7 Å². The Balaban J connectivity index is 1.38. The number of piperidine rings is 1. The van der Waals surface area contributed by atoms with Crippen LogP contribution in [0.15, 0.2) is 77.7 Å². The van der Waals surface area contributed by atoms with Crippen molar-refractivity contribution in [2.75, 3.05) is 53.2 Å². The van der Waals surface area contributed by atoms with Crippen molar-refractivity contribution in [3.05, 3.63) is 105 Å². The SMILES string of the molecule is COC(=O)CN(C[C@@H](CCN1CCC(c2ccc(OC)cc2[S@](C)=O)CC1)c1ccc(Cl)c(Cl)c1)C(=O)c1cc(C#N)cc2ccccc12. The predicted octanol–water partition coefficient (Wildman–Crippen LogP) is 7.43. The lowest BCUT2D eigenvalue weighted by atomic mass is 9.88. The molecule has 0 aromatic heterocycles. The van der Waals surface area contributed by atoms with Gasteiger partial charge in [0.15, 0.2) is 0 Å². The van der Waals surface area contributed by atoms with Crippen molar-refractivity contribution in [2.45, 2.75) is 36.0 Å². The molecule has 0 N–H and O–H groups in total. The van der Waals surface area contributed by atoms with Crippen LogP contribution in [0, 0.1) is 11.3 Å². The van der Waals surface area contributed by atoms with Crippen LogP contribution in [0.4, 0.5) is 0 Å². The summed E-state index contributed by atoms with van der Waals surface area (Å²) in [6, 6.07) is 24.2. The topological polar surface area (TPSA) is 99.9 Å². The molecular weight excluding hydrogens is 681 g/mol. The zero-order valence-corrected chi connectivity index (χ0v) is 30.1. The minimum atomic E-state index is -1.13. The Morgan fingerprint density at radius 1 is 1.02 bits per heavy atom. The number of esters is 1. The number of hydrogen-bond donors (Lipinski definition) is 0. The highest BCUT2D eigenvalue weighted by Gasteiger charge is 2.28. The van der Waals surface area contributed by atoms with Gasteiger partial charge in [-0.15, -0.1) is 0 Å². The zero-order valence-electron chi connectivity index (χ0n) is 27.8. The van der Waals surface area contributed by atoms with E-state index in [-0.39, 0.29) is 24.9 Å². The van der Waals surface area contributed by atoms with Crippen molar-refractivity contribution in [3.8, 4) is 11.8 Å². The van der Waals surface area contributed by atoms with E-state index >= 15 is 0 Å². The molecule has 5 rings (SSSR count). The lowest BCUT2D eigenvalue weighted by Gasteiger charge is -2.34. The Hall–Kier alpha value is -3.94. The molecule has 8 nitrogen and oxygen atoms in total. The third-order valence-electron chi connectivity index (χ3n) is 9.26. The van der Waals surface area contributed by atoms with E-state index < -0.39 is 16.8 Å². The van der Waals surface area contributed by atoms with Crippen molar-refractivity contribution in [1.29, 1.82) is 5.26 Å². The van der Waals surface area contributed by atoms with Crippen molar-refractivity contribution in [2.24, 2.45) is 0 Å². The maximum Gasteiger partial charge on any atom is 0.325 e. The van der Waals surface area contributed by atoms with E-state index in [1.807, 2.05) is 54.6 Å². The molecule has 0 aliphatic carbocycles. The van der Waals surface area contributed by atoms with Crippen LogP contribution in [0.25, 0.3) is 10.8 Å². The summed E-state index contributed by atoms with van der Waals surface area (Å²) in [7, 11) is 1.78. The highest BCUT2D eigenvalue weighted by Crippen LogP contribution is 2.35. The largest absolute Gasteiger partial charge is 0.497 e. The summed E-state index contributed by atoms with van der Waals surface area (Å²) in [5.41, 5.74) is 2.71. The fourth-order valence-corrected chi connectivity index (χ4v) is 7.75. The van der Waals surface area contributed by atoms with E-state index in [9.17, 15) is 19.1 Å². The summed E-state index contributed by atoms with van der Waals surface area (Å²) >= 11 is 12.8. The zero-order chi connectivity index (χ0) is 35.1. The highest BCUT2D eigenvalue weighted by molar-refractivity contribution is 7.84. The number of rotatable bonds is 12. The maximum atomic E-state index is 14.3. The molecule has 2 atom stereocenters. The molecule has 0 saturated carbocycles. The lowest BCUT2D eigenvalue weighted by molar-refractivity contribution is -0.141. The van der Waals surface area contributed by atoms with Crippen LogP contribution < -0.4 is 4.74 Å². The second kappa shape index (κ2) is 16.6. The number of carbonyl (C=O) groups is 2. The van der Waals surface area contributed by atoms with Gasteiger partial charge in [0.25, 0.3) is 5.91 Å². The normalized spacial score (nSPS) is 14.9. The number of likely N-dealkylation sites (tertiary alicyclic amines) is 1. The van der Waals surface area contributed by atoms with E-state index in [4.69, 9.17) is 32.7 Å². The maximum absolute atomic E-state index is 14.3. The first-order chi connectivity index (χ1) is 23.6. The number of fused-ring (bicyclic) bond motifs is 1. The van der Waals surface area contributed by atoms with Gasteiger partial charge in [0, 0.05) is 29.2 Å². The van der Waals surface area contributed by atoms with E-state index in [0.717, 1.165) is 53.9 Å². The number of hydrogen-bond acceptors (Lipinski definition) is 7. The van der Waals surface area contributed by atoms with Gasteiger partial charge in [0.2, 0.25) is 0 Å². The molecule has 1 aliphatic heterocycles. The number of ether oxygens (including phenoxy) is 2. The Morgan fingerprint density at radius 2 is 1.78 bits per heavy atom. The van der Waals surface area contributed by atoms with Gasteiger partial charge in [-0.1, -0.05) is 59.6 Å². The van der Waals surface area contributed by atoms with E-state index in [1.54, 1.807) is 31.6 Å². The first-order valence-corrected chi connectivity index (χ1v) is 18.4. The molecule has 1 saturated heterocycles. The van der Waals surface area contributed by atoms with Crippen molar-refractivity contribution >= 4 is 56.7 Å². The van der Waals surface area contributed by atoms with Gasteiger partial charge in [-0.2, -0.15) is 5.26 Å². The van der Waals surface area contributed by atoms with Crippen LogP contribution in [0.5, 0.6) is 5.75 Å². The van der Waals surface area contributed by atoms with E-state index in [2.05, 4.69) is 11.0 Å². The molecule has 1 amide bonds. The minimum absolute atomic E-state index is 0.192. The average molecular weight is 721 g/mol. The smallest absolute Gasteiger partial charge is 0.325 e. The fraction of sp³-hybridized carbons (Fsp3) is 0.342. The van der Waals surface area contributed by atoms with Gasteiger partial charge in [-0.25, -0.2) is 0 Å². The van der Waals surface area contributed by atoms with Crippen LogP contribution in [-0.4, -0.2) is 79.1 Å². The van der Waals surface area contributed by atoms with Gasteiger partial charge in [0.1, 0.15) is 12.3 Å². The molecule has 1 heterocycles. The molecule has 4 aromatic carbocycles. The van der Waals surface area contributed by atoms with Crippen LogP contribution in [0.1, 0.15) is 58.1 Å². The first kappa shape index (κ1) is 36.3.